The molecular formula is C37H68O7Si2. The lowest BCUT2D eigenvalue weighted by molar-refractivity contribution is -0.151. The summed E-state index contributed by atoms with van der Waals surface area (Å²) in [5.74, 6) is -2.29. The number of Topliss-reactive ketones (excluding diaryl/α,β-unsaturated/α-hetero) is 1. The van der Waals surface area contributed by atoms with Gasteiger partial charge in [0.25, 0.3) is 0 Å². The molecule has 0 bridgehead atoms. The number of carbonyl (C=O) groups excluding carboxylic acids is 3. The largest absolute Gasteiger partial charge is 0.469 e. The van der Waals surface area contributed by atoms with Gasteiger partial charge in [0.05, 0.1) is 19.3 Å². The summed E-state index contributed by atoms with van der Waals surface area (Å²) in [4.78, 5) is 38.6. The maximum absolute atomic E-state index is 13.6. The van der Waals surface area contributed by atoms with Crippen LogP contribution in [0, 0.1) is 17.3 Å². The summed E-state index contributed by atoms with van der Waals surface area (Å²) in [7, 11) is -3.02. The van der Waals surface area contributed by atoms with Crippen molar-refractivity contribution in [3.8, 4) is 0 Å². The Hall–Kier alpha value is -1.56. The second-order valence-electron chi connectivity index (χ2n) is 17.1. The first-order valence-electron chi connectivity index (χ1n) is 17.4. The van der Waals surface area contributed by atoms with Gasteiger partial charge in [0.1, 0.15) is 18.3 Å². The van der Waals surface area contributed by atoms with Crippen molar-refractivity contribution in [3.05, 3.63) is 24.3 Å². The topological polar surface area (TPSA) is 88.1 Å². The average molecular weight is 681 g/mol. The molecule has 0 aromatic heterocycles. The minimum Gasteiger partial charge on any atom is -0.469 e. The van der Waals surface area contributed by atoms with Gasteiger partial charge < -0.3 is 18.3 Å². The van der Waals surface area contributed by atoms with Crippen LogP contribution in [0.3, 0.4) is 0 Å². The molecule has 0 heterocycles. The molecule has 0 aliphatic heterocycles. The molecule has 0 saturated heterocycles. The lowest BCUT2D eigenvalue weighted by atomic mass is 9.80. The van der Waals surface area contributed by atoms with E-state index in [9.17, 15) is 14.4 Å². The third-order valence-corrected chi connectivity index (χ3v) is 19.5. The van der Waals surface area contributed by atoms with Crippen LogP contribution in [0.1, 0.15) is 114 Å². The molecule has 0 spiro atoms. The van der Waals surface area contributed by atoms with Gasteiger partial charge in [-0.3, -0.25) is 14.4 Å². The summed E-state index contributed by atoms with van der Waals surface area (Å²) >= 11 is 0. The van der Waals surface area contributed by atoms with Crippen LogP contribution in [0.5, 0.6) is 0 Å². The van der Waals surface area contributed by atoms with Crippen molar-refractivity contribution < 1.29 is 32.7 Å². The first-order chi connectivity index (χ1) is 20.9. The smallest absolute Gasteiger partial charge is 0.317 e. The molecule has 1 aliphatic rings. The van der Waals surface area contributed by atoms with Crippen LogP contribution in [0.15, 0.2) is 24.3 Å². The fourth-order valence-electron chi connectivity index (χ4n) is 5.13. The normalized spacial score (nSPS) is 20.7. The van der Waals surface area contributed by atoms with E-state index in [2.05, 4.69) is 101 Å². The van der Waals surface area contributed by atoms with Crippen LogP contribution < -0.4 is 0 Å². The van der Waals surface area contributed by atoms with Crippen molar-refractivity contribution in [1.82, 2.24) is 0 Å². The van der Waals surface area contributed by atoms with E-state index in [-0.39, 0.29) is 46.4 Å². The van der Waals surface area contributed by atoms with E-state index in [0.29, 0.717) is 19.3 Å². The Labute approximate surface area is 283 Å². The predicted octanol–water partition coefficient (Wildman–Crippen LogP) is 9.58. The monoisotopic (exact) mass is 680 g/mol. The van der Waals surface area contributed by atoms with Gasteiger partial charge in [-0.15, -0.1) is 0 Å². The molecule has 0 radical (unpaired) electrons. The minimum atomic E-state index is -2.25. The standard InChI is InChI=1S/C37H68O7Si2/c1-16-17-24-37(9,10)31(44-46(14,15)36(6,7)8)23-22-28-30(43-45(12,13)35(3,4)5)25-29(38)33(28)34(40)42-26-27(2)20-18-19-21-32(39)41-11/h22-23,28,30-31,33H,2,16-21,24-26H2,1,3-15H3/b23-22+/t28-,30+,31-,33+/m0/s1. The maximum atomic E-state index is 13.6. The number of ketones is 1. The molecule has 1 aliphatic carbocycles. The van der Waals surface area contributed by atoms with Gasteiger partial charge in [0.2, 0.25) is 0 Å². The van der Waals surface area contributed by atoms with E-state index in [1.807, 2.05) is 6.08 Å². The number of rotatable bonds is 18. The van der Waals surface area contributed by atoms with Crippen LogP contribution in [-0.4, -0.2) is 60.3 Å². The Bertz CT molecular complexity index is 1060. The molecule has 0 aromatic rings. The maximum Gasteiger partial charge on any atom is 0.317 e. The first kappa shape index (κ1) is 42.5. The van der Waals surface area contributed by atoms with Crippen LogP contribution in [-0.2, 0) is 32.7 Å². The molecule has 1 fully saturated rings. The highest BCUT2D eigenvalue weighted by atomic mass is 28.4. The van der Waals surface area contributed by atoms with Gasteiger partial charge in [-0.1, -0.05) is 93.9 Å². The minimum absolute atomic E-state index is 0.0330. The molecule has 0 unspecified atom stereocenters. The molecule has 0 N–H and O–H groups in total. The van der Waals surface area contributed by atoms with Crippen LogP contribution in [0.2, 0.25) is 36.3 Å². The molecule has 1 rings (SSSR count). The lowest BCUT2D eigenvalue weighted by Gasteiger charge is -2.44. The molecule has 9 heteroatoms. The summed E-state index contributed by atoms with van der Waals surface area (Å²) < 4.78 is 24.3. The summed E-state index contributed by atoms with van der Waals surface area (Å²) in [5, 5.41) is -0.0179. The van der Waals surface area contributed by atoms with E-state index >= 15 is 0 Å². The molecule has 0 amide bonds. The first-order valence-corrected chi connectivity index (χ1v) is 23.2. The Morgan fingerprint density at radius 1 is 0.935 bits per heavy atom. The van der Waals surface area contributed by atoms with Crippen molar-refractivity contribution in [2.24, 2.45) is 17.3 Å². The van der Waals surface area contributed by atoms with Crippen molar-refractivity contribution in [3.63, 3.8) is 0 Å². The zero-order valence-corrected chi connectivity index (χ0v) is 33.9. The number of hydrogen-bond acceptors (Lipinski definition) is 7. The van der Waals surface area contributed by atoms with Crippen molar-refractivity contribution in [2.75, 3.05) is 13.7 Å². The summed E-state index contributed by atoms with van der Waals surface area (Å²) in [6.07, 6.45) is 9.37. The fourth-order valence-corrected chi connectivity index (χ4v) is 7.87. The highest BCUT2D eigenvalue weighted by Crippen LogP contribution is 2.44. The van der Waals surface area contributed by atoms with E-state index in [4.69, 9.17) is 18.3 Å². The second-order valence-corrected chi connectivity index (χ2v) is 26.6. The fraction of sp³-hybridized carbons (Fsp3) is 0.811. The van der Waals surface area contributed by atoms with E-state index in [1.54, 1.807) is 0 Å². The summed E-state index contributed by atoms with van der Waals surface area (Å²) in [6, 6.07) is 0. The van der Waals surface area contributed by atoms with Crippen LogP contribution in [0.25, 0.3) is 0 Å². The number of unbranched alkanes of at least 4 members (excludes halogenated alkanes) is 2. The number of hydrogen-bond donors (Lipinski definition) is 0. The summed E-state index contributed by atoms with van der Waals surface area (Å²) in [6.45, 7) is 33.0. The van der Waals surface area contributed by atoms with Crippen molar-refractivity contribution in [1.29, 1.82) is 0 Å². The molecule has 0 aromatic carbocycles. The number of esters is 2. The number of ether oxygens (including phenoxy) is 2. The van der Waals surface area contributed by atoms with Gasteiger partial charge in [0.15, 0.2) is 16.6 Å². The van der Waals surface area contributed by atoms with Gasteiger partial charge in [0, 0.05) is 18.8 Å². The highest BCUT2D eigenvalue weighted by molar-refractivity contribution is 6.74. The number of methoxy groups -OCH3 is 1. The summed E-state index contributed by atoms with van der Waals surface area (Å²) in [5.41, 5.74) is 0.618. The average Bonchev–Trinajstić information content (AvgIpc) is 3.22. The van der Waals surface area contributed by atoms with Gasteiger partial charge in [-0.05, 0) is 72.9 Å². The predicted molar refractivity (Wildman–Crippen MR) is 194 cm³/mol. The third kappa shape index (κ3) is 12.5. The Morgan fingerprint density at radius 3 is 2.02 bits per heavy atom. The third-order valence-electron chi connectivity index (χ3n) is 10.6. The SMILES string of the molecule is C=C(CCCCC(=O)OC)COC(=O)[C@H]1C(=O)C[C@@H](O[Si](C)(C)C(C)(C)C)[C@@H]1/C=C/[C@H](O[Si](C)(C)C(C)(C)C)C(C)(C)CCCC. The molecule has 266 valence electrons. The van der Waals surface area contributed by atoms with Crippen LogP contribution >= 0.6 is 0 Å². The molecule has 1 saturated carbocycles. The van der Waals surface area contributed by atoms with Crippen LogP contribution in [0.4, 0.5) is 0 Å². The molecule has 46 heavy (non-hydrogen) atoms. The van der Waals surface area contributed by atoms with E-state index in [0.717, 1.165) is 31.3 Å². The second kappa shape index (κ2) is 17.2. The number of carbonyl (C=O) groups is 3. The quantitative estimate of drug-likeness (QED) is 0.0468. The van der Waals surface area contributed by atoms with E-state index in [1.165, 1.54) is 7.11 Å². The van der Waals surface area contributed by atoms with Gasteiger partial charge in [-0.25, -0.2) is 0 Å². The Balaban J connectivity index is 3.38. The van der Waals surface area contributed by atoms with Crippen molar-refractivity contribution >= 4 is 34.4 Å². The molecular weight excluding hydrogens is 613 g/mol. The zero-order chi connectivity index (χ0) is 35.7. The lowest BCUT2D eigenvalue weighted by Crippen LogP contribution is -2.47. The van der Waals surface area contributed by atoms with E-state index < -0.39 is 40.5 Å². The van der Waals surface area contributed by atoms with Gasteiger partial charge in [-0.2, -0.15) is 0 Å². The Kier molecular flexibility index (Phi) is 15.9. The Morgan fingerprint density at radius 2 is 1.50 bits per heavy atom. The molecule has 4 atom stereocenters. The zero-order valence-electron chi connectivity index (χ0n) is 31.9. The van der Waals surface area contributed by atoms with Gasteiger partial charge >= 0.3 is 11.9 Å². The highest BCUT2D eigenvalue weighted by Gasteiger charge is 2.51. The van der Waals surface area contributed by atoms with Crippen molar-refractivity contribution in [2.45, 2.75) is 162 Å². The molecule has 7 nitrogen and oxygen atoms in total.